The van der Waals surface area contributed by atoms with Gasteiger partial charge >= 0.3 is 0 Å². The topological polar surface area (TPSA) is 12.4 Å². The maximum Gasteiger partial charge on any atom is 0.163 e. The minimum atomic E-state index is 0.130. The van der Waals surface area contributed by atoms with Gasteiger partial charge in [-0.05, 0) is 12.8 Å². The minimum absolute atomic E-state index is 0.130. The van der Waals surface area contributed by atoms with E-state index in [1.807, 2.05) is 0 Å². The van der Waals surface area contributed by atoms with Gasteiger partial charge in [0.15, 0.2) is 4.32 Å². The van der Waals surface area contributed by atoms with Crippen LogP contribution in [0.5, 0.6) is 0 Å². The Morgan fingerprint density at radius 2 is 0.889 bits per heavy atom. The van der Waals surface area contributed by atoms with Crippen LogP contribution in [0.15, 0.2) is 4.36 Å². The highest BCUT2D eigenvalue weighted by atomic mass is 32.2. The average Bonchev–Trinajstić information content (AvgIpc) is 2.64. The van der Waals surface area contributed by atoms with Crippen molar-refractivity contribution in [3.05, 3.63) is 0 Å². The van der Waals surface area contributed by atoms with Gasteiger partial charge in [0.2, 0.25) is 0 Å². The first-order chi connectivity index (χ1) is 13.2. The fraction of sp³-hybridized carbons (Fsp3) is 0.957. The summed E-state index contributed by atoms with van der Waals surface area (Å²) in [6, 6.07) is 0. The van der Waals surface area contributed by atoms with E-state index >= 15 is 0 Å². The van der Waals surface area contributed by atoms with Crippen LogP contribution in [0, 0.1) is 0 Å². The molecule has 0 atom stereocenters. The van der Waals surface area contributed by atoms with Crippen molar-refractivity contribution >= 4 is 39.9 Å². The molecule has 0 spiro atoms. The summed E-state index contributed by atoms with van der Waals surface area (Å²) in [6.45, 7) is 4.57. The van der Waals surface area contributed by atoms with Crippen molar-refractivity contribution in [3.8, 4) is 0 Å². The molecule has 0 fully saturated rings. The summed E-state index contributed by atoms with van der Waals surface area (Å²) < 4.78 is 5.20. The normalized spacial score (nSPS) is 11.3. The van der Waals surface area contributed by atoms with Gasteiger partial charge in [-0.2, -0.15) is 0 Å². The molecule has 0 aliphatic heterocycles. The second-order valence-electron chi connectivity index (χ2n) is 7.90. The Balaban J connectivity index is 3.65. The van der Waals surface area contributed by atoms with Gasteiger partial charge in [0, 0.05) is 11.5 Å². The van der Waals surface area contributed by atoms with E-state index in [1.165, 1.54) is 127 Å². The van der Waals surface area contributed by atoms with Gasteiger partial charge in [0.05, 0.1) is 0 Å². The summed E-state index contributed by atoms with van der Waals surface area (Å²) >= 11 is 9.37. The molecule has 0 bridgehead atoms. The molecule has 1 nitrogen and oxygen atoms in total. The zero-order valence-electron chi connectivity index (χ0n) is 18.4. The molecule has 0 amide bonds. The molecule has 0 aromatic rings. The van der Waals surface area contributed by atoms with E-state index in [0.717, 1.165) is 0 Å². The zero-order valence-corrected chi connectivity index (χ0v) is 20.9. The van der Waals surface area contributed by atoms with Gasteiger partial charge in [-0.3, -0.25) is 0 Å². The van der Waals surface area contributed by atoms with E-state index in [4.69, 9.17) is 12.2 Å². The highest BCUT2D eigenvalue weighted by Gasteiger charge is 2.01. The van der Waals surface area contributed by atoms with E-state index in [-0.39, 0.29) is 10.7 Å². The quantitative estimate of drug-likeness (QED) is 0.115. The predicted molar refractivity (Wildman–Crippen MR) is 136 cm³/mol. The summed E-state index contributed by atoms with van der Waals surface area (Å²) in [6.07, 6.45) is 25.1. The summed E-state index contributed by atoms with van der Waals surface area (Å²) in [7, 11) is 0.130. The Labute approximate surface area is 184 Å². The monoisotopic (exact) mass is 433 g/mol. The van der Waals surface area contributed by atoms with Crippen LogP contribution in [0.1, 0.15) is 129 Å². The lowest BCUT2D eigenvalue weighted by Gasteiger charge is -2.08. The van der Waals surface area contributed by atoms with Crippen LogP contribution in [0.2, 0.25) is 0 Å². The van der Waals surface area contributed by atoms with Crippen molar-refractivity contribution in [1.29, 1.82) is 0 Å². The van der Waals surface area contributed by atoms with Gasteiger partial charge in [-0.15, -0.1) is 12.6 Å². The van der Waals surface area contributed by atoms with Gasteiger partial charge in [-0.1, -0.05) is 139 Å². The Morgan fingerprint density at radius 1 is 0.593 bits per heavy atom. The molecule has 0 unspecified atom stereocenters. The maximum atomic E-state index is 5.12. The molecule has 162 valence electrons. The third-order valence-electron chi connectivity index (χ3n) is 5.17. The largest absolute Gasteiger partial charge is 0.209 e. The Kier molecular flexibility index (Phi) is 23.4. The van der Waals surface area contributed by atoms with Crippen LogP contribution >= 0.6 is 24.8 Å². The number of hydrogen-bond donors (Lipinski definition) is 1. The fourth-order valence-corrected chi connectivity index (χ4v) is 5.81. The lowest BCUT2D eigenvalue weighted by Crippen LogP contribution is -2.04. The van der Waals surface area contributed by atoms with Crippen molar-refractivity contribution in [2.75, 3.05) is 11.5 Å². The molecule has 0 aromatic carbocycles. The molecular weight excluding hydrogens is 386 g/mol. The number of nitrogens with zero attached hydrogens (tertiary/aromatic N) is 1. The zero-order chi connectivity index (χ0) is 20.0. The van der Waals surface area contributed by atoms with Gasteiger partial charge in [0.1, 0.15) is 0 Å². The molecule has 0 N–H and O–H groups in total. The smallest absolute Gasteiger partial charge is 0.163 e. The average molecular weight is 434 g/mol. The second-order valence-corrected chi connectivity index (χ2v) is 10.9. The van der Waals surface area contributed by atoms with Crippen molar-refractivity contribution in [1.82, 2.24) is 0 Å². The SMILES string of the molecule is CCCCCCCCCCCS(CCCCCCCCCCC)=NC(=S)S. The predicted octanol–water partition coefficient (Wildman–Crippen LogP) is 9.06. The molecule has 0 saturated heterocycles. The van der Waals surface area contributed by atoms with Crippen molar-refractivity contribution in [3.63, 3.8) is 0 Å². The summed E-state index contributed by atoms with van der Waals surface area (Å²) in [4.78, 5) is 0. The Morgan fingerprint density at radius 3 is 1.19 bits per heavy atom. The van der Waals surface area contributed by atoms with Crippen LogP contribution in [-0.2, 0) is 10.7 Å². The maximum absolute atomic E-state index is 5.12. The number of rotatable bonds is 20. The van der Waals surface area contributed by atoms with Gasteiger partial charge in [-0.25, -0.2) is 4.36 Å². The van der Waals surface area contributed by atoms with Crippen LogP contribution in [0.25, 0.3) is 0 Å². The molecule has 4 heteroatoms. The van der Waals surface area contributed by atoms with Crippen LogP contribution in [0.4, 0.5) is 0 Å². The number of thiocarbonyl (C=S) groups is 1. The third kappa shape index (κ3) is 22.7. The molecule has 27 heavy (non-hydrogen) atoms. The first-order valence-electron chi connectivity index (χ1n) is 11.8. The van der Waals surface area contributed by atoms with Crippen molar-refractivity contribution in [2.24, 2.45) is 4.36 Å². The summed E-state index contributed by atoms with van der Waals surface area (Å²) in [5.41, 5.74) is 0. The first-order valence-corrected chi connectivity index (χ1v) is 14.2. The highest BCUT2D eigenvalue weighted by molar-refractivity contribution is 8.11. The Bertz CT molecular complexity index is 332. The minimum Gasteiger partial charge on any atom is -0.209 e. The molecule has 0 aliphatic carbocycles. The number of thiol groups is 1. The van der Waals surface area contributed by atoms with Crippen molar-refractivity contribution in [2.45, 2.75) is 129 Å². The molecule has 0 saturated carbocycles. The highest BCUT2D eigenvalue weighted by Crippen LogP contribution is 2.13. The Hall–Kier alpha value is 0.590. The number of hydrogen-bond acceptors (Lipinski definition) is 1. The van der Waals surface area contributed by atoms with Gasteiger partial charge < -0.3 is 0 Å². The van der Waals surface area contributed by atoms with Gasteiger partial charge in [0.25, 0.3) is 0 Å². The standard InChI is InChI=1S/C23H47NS3/c1-3-5-7-9-11-13-15-17-19-21-27(24-23(25)26)22-20-18-16-14-12-10-8-6-4-2/h3-22H2,1-2H3,(H,25,26). The fourth-order valence-electron chi connectivity index (χ4n) is 3.46. The molecule has 0 radical (unpaired) electrons. The summed E-state index contributed by atoms with van der Waals surface area (Å²) in [5, 5.41) is 0. The lowest BCUT2D eigenvalue weighted by molar-refractivity contribution is 0.571. The van der Waals surface area contributed by atoms with Crippen LogP contribution in [0.3, 0.4) is 0 Å². The lowest BCUT2D eigenvalue weighted by atomic mass is 10.1. The van der Waals surface area contributed by atoms with E-state index in [2.05, 4.69) is 30.8 Å². The van der Waals surface area contributed by atoms with Crippen molar-refractivity contribution < 1.29 is 0 Å². The molecule has 0 aromatic heterocycles. The van der Waals surface area contributed by atoms with E-state index in [1.54, 1.807) is 0 Å². The number of unbranched alkanes of at least 4 members (excludes halogenated alkanes) is 16. The van der Waals surface area contributed by atoms with Crippen LogP contribution < -0.4 is 0 Å². The van der Waals surface area contributed by atoms with E-state index < -0.39 is 0 Å². The second kappa shape index (κ2) is 22.9. The first kappa shape index (κ1) is 27.6. The van der Waals surface area contributed by atoms with Crippen LogP contribution in [-0.4, -0.2) is 15.8 Å². The van der Waals surface area contributed by atoms with E-state index in [0.29, 0.717) is 4.32 Å². The van der Waals surface area contributed by atoms with E-state index in [9.17, 15) is 0 Å². The molecular formula is C23H47NS3. The summed E-state index contributed by atoms with van der Waals surface area (Å²) in [5.74, 6) is 2.46. The third-order valence-corrected chi connectivity index (χ3v) is 7.58. The molecule has 0 heterocycles. The molecule has 0 aliphatic rings. The molecule has 0 rings (SSSR count).